The molecule has 1 unspecified atom stereocenters. The summed E-state index contributed by atoms with van der Waals surface area (Å²) in [4.78, 5) is 24.3. The smallest absolute Gasteiger partial charge is 0.407 e. The van der Waals surface area contributed by atoms with Crippen molar-refractivity contribution in [3.8, 4) is 5.75 Å². The lowest BCUT2D eigenvalue weighted by Gasteiger charge is -2.29. The van der Waals surface area contributed by atoms with Crippen molar-refractivity contribution < 1.29 is 33.3 Å². The van der Waals surface area contributed by atoms with E-state index in [-0.39, 0.29) is 12.4 Å². The van der Waals surface area contributed by atoms with E-state index in [1.165, 1.54) is 25.3 Å². The van der Waals surface area contributed by atoms with Crippen LogP contribution in [0.25, 0.3) is 0 Å². The van der Waals surface area contributed by atoms with Crippen molar-refractivity contribution >= 4 is 12.0 Å². The fourth-order valence-electron chi connectivity index (χ4n) is 2.48. The van der Waals surface area contributed by atoms with E-state index in [4.69, 9.17) is 14.2 Å². The summed E-state index contributed by atoms with van der Waals surface area (Å²) < 4.78 is 29.1. The molecule has 1 rings (SSSR count). The molecule has 0 heterocycles. The number of amides is 2. The Morgan fingerprint density at radius 1 is 1.19 bits per heavy atom. The number of alkyl carbamates (subject to hydrolysis) is 1. The van der Waals surface area contributed by atoms with Gasteiger partial charge in [0.2, 0.25) is 0 Å². The summed E-state index contributed by atoms with van der Waals surface area (Å²) in [5.41, 5.74) is -1.69. The number of aliphatic hydroxyl groups excluding tert-OH is 1. The van der Waals surface area contributed by atoms with Crippen LogP contribution in [-0.4, -0.2) is 60.7 Å². The maximum Gasteiger partial charge on any atom is 0.407 e. The van der Waals surface area contributed by atoms with Gasteiger partial charge < -0.3 is 30.0 Å². The number of aliphatic hydroxyl groups is 1. The third kappa shape index (κ3) is 10.5. The molecule has 0 aliphatic rings. The lowest BCUT2D eigenvalue weighted by atomic mass is 10.0. The molecule has 0 spiro atoms. The second kappa shape index (κ2) is 11.9. The Labute approximate surface area is 183 Å². The van der Waals surface area contributed by atoms with Gasteiger partial charge in [0.15, 0.2) is 0 Å². The fraction of sp³-hybridized carbons (Fsp3) is 0.636. The normalized spacial score (nSPS) is 13.8. The number of methoxy groups -OCH3 is 1. The Bertz CT molecular complexity index is 720. The van der Waals surface area contributed by atoms with Gasteiger partial charge in [0.05, 0.1) is 6.04 Å². The maximum absolute atomic E-state index is 13.3. The van der Waals surface area contributed by atoms with E-state index < -0.39 is 41.2 Å². The third-order valence-corrected chi connectivity index (χ3v) is 4.42. The van der Waals surface area contributed by atoms with E-state index in [2.05, 4.69) is 10.6 Å². The highest BCUT2D eigenvalue weighted by Crippen LogP contribution is 2.15. The molecule has 2 amide bonds. The van der Waals surface area contributed by atoms with E-state index in [0.717, 1.165) is 0 Å². The van der Waals surface area contributed by atoms with Gasteiger partial charge in [-0.15, -0.1) is 0 Å². The summed E-state index contributed by atoms with van der Waals surface area (Å²) in [5.74, 6) is -0.579. The zero-order valence-electron chi connectivity index (χ0n) is 19.2. The largest absolute Gasteiger partial charge is 0.491 e. The summed E-state index contributed by atoms with van der Waals surface area (Å²) in [6, 6.07) is 4.90. The van der Waals surface area contributed by atoms with Gasteiger partial charge in [0, 0.05) is 19.7 Å². The standard InChI is InChI=1S/C22H35FN2O6/c1-21(2,3)31-20(28)24-12-8-11-17(25-19(27)22(4,5)29-6)18(26)14-30-16-10-7-9-15(23)13-16/h7,9-10,13,17-18,26H,8,11-12,14H2,1-6H3,(H,24,28)(H,25,27)/t17-,18?/m0/s1. The Morgan fingerprint density at radius 2 is 1.87 bits per heavy atom. The molecule has 0 fully saturated rings. The van der Waals surface area contributed by atoms with Gasteiger partial charge in [-0.2, -0.15) is 0 Å². The molecule has 0 saturated carbocycles. The van der Waals surface area contributed by atoms with Gasteiger partial charge in [-0.1, -0.05) is 6.07 Å². The van der Waals surface area contributed by atoms with Crippen molar-refractivity contribution in [3.05, 3.63) is 30.1 Å². The number of hydrogen-bond acceptors (Lipinski definition) is 6. The first-order valence-electron chi connectivity index (χ1n) is 10.2. The summed E-state index contributed by atoms with van der Waals surface area (Å²) in [6.45, 7) is 8.67. The first-order chi connectivity index (χ1) is 14.3. The van der Waals surface area contributed by atoms with Crippen LogP contribution in [0.5, 0.6) is 5.75 Å². The number of carbonyl (C=O) groups is 2. The molecule has 3 N–H and O–H groups in total. The average Bonchev–Trinajstić information content (AvgIpc) is 2.66. The van der Waals surface area contributed by atoms with Gasteiger partial charge in [0.1, 0.15) is 35.5 Å². The van der Waals surface area contributed by atoms with E-state index in [0.29, 0.717) is 19.4 Å². The Balaban J connectivity index is 2.67. The molecular weight excluding hydrogens is 407 g/mol. The molecule has 1 aromatic carbocycles. The van der Waals surface area contributed by atoms with Crippen LogP contribution >= 0.6 is 0 Å². The molecule has 0 saturated heterocycles. The predicted molar refractivity (Wildman–Crippen MR) is 114 cm³/mol. The quantitative estimate of drug-likeness (QED) is 0.455. The highest BCUT2D eigenvalue weighted by Gasteiger charge is 2.31. The van der Waals surface area contributed by atoms with Crippen LogP contribution < -0.4 is 15.4 Å². The highest BCUT2D eigenvalue weighted by molar-refractivity contribution is 5.84. The number of benzene rings is 1. The van der Waals surface area contributed by atoms with Crippen LogP contribution in [0.15, 0.2) is 24.3 Å². The molecule has 1 aromatic rings. The molecule has 31 heavy (non-hydrogen) atoms. The van der Waals surface area contributed by atoms with Gasteiger partial charge in [-0.25, -0.2) is 9.18 Å². The summed E-state index contributed by atoms with van der Waals surface area (Å²) >= 11 is 0. The number of hydrogen-bond donors (Lipinski definition) is 3. The molecule has 0 aliphatic carbocycles. The van der Waals surface area contributed by atoms with Crippen LogP contribution in [0.4, 0.5) is 9.18 Å². The molecule has 0 bridgehead atoms. The molecule has 0 aromatic heterocycles. The highest BCUT2D eigenvalue weighted by atomic mass is 19.1. The van der Waals surface area contributed by atoms with Crippen LogP contribution in [0.2, 0.25) is 0 Å². The Kier molecular flexibility index (Phi) is 10.2. The van der Waals surface area contributed by atoms with Crippen LogP contribution in [-0.2, 0) is 14.3 Å². The zero-order valence-corrected chi connectivity index (χ0v) is 19.2. The SMILES string of the molecule is COC(C)(C)C(=O)N[C@@H](CCCNC(=O)OC(C)(C)C)C(O)COc1cccc(F)c1. The number of carbonyl (C=O) groups excluding carboxylic acids is 2. The van der Waals surface area contributed by atoms with Gasteiger partial charge in [-0.05, 0) is 59.6 Å². The molecule has 2 atom stereocenters. The predicted octanol–water partition coefficient (Wildman–Crippen LogP) is 2.78. The first kappa shape index (κ1) is 26.6. The Morgan fingerprint density at radius 3 is 2.45 bits per heavy atom. The number of ether oxygens (including phenoxy) is 3. The third-order valence-electron chi connectivity index (χ3n) is 4.42. The molecule has 9 heteroatoms. The minimum Gasteiger partial charge on any atom is -0.491 e. The van der Waals surface area contributed by atoms with Crippen molar-refractivity contribution in [2.45, 2.75) is 70.8 Å². The number of nitrogens with one attached hydrogen (secondary N) is 2. The fourth-order valence-corrected chi connectivity index (χ4v) is 2.48. The van der Waals surface area contributed by atoms with E-state index in [1.807, 2.05) is 0 Å². The average molecular weight is 443 g/mol. The van der Waals surface area contributed by atoms with Crippen LogP contribution in [0, 0.1) is 5.82 Å². The van der Waals surface area contributed by atoms with E-state index >= 15 is 0 Å². The van der Waals surface area contributed by atoms with Gasteiger partial charge in [-0.3, -0.25) is 4.79 Å². The molecular formula is C22H35FN2O6. The van der Waals surface area contributed by atoms with Crippen LogP contribution in [0.3, 0.4) is 0 Å². The second-order valence-electron chi connectivity index (χ2n) is 8.70. The molecule has 176 valence electrons. The van der Waals surface area contributed by atoms with E-state index in [1.54, 1.807) is 40.7 Å². The first-order valence-corrected chi connectivity index (χ1v) is 10.2. The molecule has 8 nitrogen and oxygen atoms in total. The monoisotopic (exact) mass is 442 g/mol. The lowest BCUT2D eigenvalue weighted by molar-refractivity contribution is -0.141. The second-order valence-corrected chi connectivity index (χ2v) is 8.70. The minimum absolute atomic E-state index is 0.151. The van der Waals surface area contributed by atoms with Crippen molar-refractivity contribution in [3.63, 3.8) is 0 Å². The maximum atomic E-state index is 13.3. The van der Waals surface area contributed by atoms with Gasteiger partial charge >= 0.3 is 6.09 Å². The number of rotatable bonds is 11. The van der Waals surface area contributed by atoms with Crippen molar-refractivity contribution in [1.82, 2.24) is 10.6 Å². The van der Waals surface area contributed by atoms with Crippen molar-refractivity contribution in [1.29, 1.82) is 0 Å². The summed E-state index contributed by atoms with van der Waals surface area (Å²) in [5, 5.41) is 16.0. The lowest BCUT2D eigenvalue weighted by Crippen LogP contribution is -2.53. The zero-order chi connectivity index (χ0) is 23.7. The van der Waals surface area contributed by atoms with Gasteiger partial charge in [0.25, 0.3) is 5.91 Å². The van der Waals surface area contributed by atoms with Crippen molar-refractivity contribution in [2.75, 3.05) is 20.3 Å². The minimum atomic E-state index is -1.09. The summed E-state index contributed by atoms with van der Waals surface area (Å²) in [6.07, 6.45) is -0.783. The Hall–Kier alpha value is -2.39. The van der Waals surface area contributed by atoms with E-state index in [9.17, 15) is 19.1 Å². The topological polar surface area (TPSA) is 106 Å². The van der Waals surface area contributed by atoms with Crippen molar-refractivity contribution in [2.24, 2.45) is 0 Å². The molecule has 0 radical (unpaired) electrons. The molecule has 0 aliphatic heterocycles. The van der Waals surface area contributed by atoms with Crippen LogP contribution in [0.1, 0.15) is 47.5 Å². The summed E-state index contributed by atoms with van der Waals surface area (Å²) in [7, 11) is 1.42. The number of halogens is 1.